The molecule has 0 radical (unpaired) electrons. The minimum Gasteiger partial charge on any atom is -0.333 e. The van der Waals surface area contributed by atoms with Crippen molar-refractivity contribution >= 4 is 11.6 Å². The van der Waals surface area contributed by atoms with E-state index in [4.69, 9.17) is 5.73 Å². The van der Waals surface area contributed by atoms with Crippen LogP contribution < -0.4 is 11.1 Å². The molecule has 5 nitrogen and oxygen atoms in total. The van der Waals surface area contributed by atoms with Crippen LogP contribution in [0.4, 0.5) is 5.69 Å². The molecule has 5 heteroatoms. The largest absolute Gasteiger partial charge is 0.333 e. The predicted molar refractivity (Wildman–Crippen MR) is 83.9 cm³/mol. The summed E-state index contributed by atoms with van der Waals surface area (Å²) in [4.78, 5) is 15.9. The fourth-order valence-electron chi connectivity index (χ4n) is 2.00. The normalized spacial score (nSPS) is 11.4. The van der Waals surface area contributed by atoms with Crippen molar-refractivity contribution in [3.8, 4) is 0 Å². The van der Waals surface area contributed by atoms with E-state index >= 15 is 0 Å². The molecule has 0 bridgehead atoms. The van der Waals surface area contributed by atoms with Gasteiger partial charge in [-0.05, 0) is 38.0 Å². The third-order valence-corrected chi connectivity index (χ3v) is 3.13. The number of carbonyl (C=O) groups is 1. The number of anilines is 1. The van der Waals surface area contributed by atoms with Crippen LogP contribution in [-0.2, 0) is 11.3 Å². The molecule has 0 aliphatic rings. The summed E-state index contributed by atoms with van der Waals surface area (Å²) in [6.07, 6.45) is 6.52. The number of nitrogens with zero attached hydrogens (tertiary/aromatic N) is 2. The molecule has 1 amide bonds. The average Bonchev–Trinajstić information content (AvgIpc) is 2.89. The van der Waals surface area contributed by atoms with Gasteiger partial charge in [0, 0.05) is 36.6 Å². The van der Waals surface area contributed by atoms with Crippen molar-refractivity contribution in [1.82, 2.24) is 9.55 Å². The van der Waals surface area contributed by atoms with Crippen LogP contribution in [0.3, 0.4) is 0 Å². The van der Waals surface area contributed by atoms with Crippen molar-refractivity contribution in [1.29, 1.82) is 0 Å². The number of nitrogens with two attached hydrogens (primary N) is 1. The summed E-state index contributed by atoms with van der Waals surface area (Å²) in [5, 5.41) is 2.92. The molecule has 0 unspecified atom stereocenters. The second kappa shape index (κ2) is 6.54. The number of amides is 1. The number of aromatic nitrogens is 2. The second-order valence-corrected chi connectivity index (χ2v) is 5.97. The SMILES string of the molecule is CC(C)(N)CCC(=O)Nc1cccc(Cn2ccnc2)c1. The van der Waals surface area contributed by atoms with E-state index in [9.17, 15) is 4.79 Å². The van der Waals surface area contributed by atoms with Gasteiger partial charge in [0.25, 0.3) is 0 Å². The molecule has 0 saturated carbocycles. The number of benzene rings is 1. The summed E-state index contributed by atoms with van der Waals surface area (Å²) in [7, 11) is 0. The number of carbonyl (C=O) groups excluding carboxylic acids is 1. The Bertz CT molecular complexity index is 585. The summed E-state index contributed by atoms with van der Waals surface area (Å²) >= 11 is 0. The molecule has 0 aliphatic carbocycles. The van der Waals surface area contributed by atoms with Gasteiger partial charge in [-0.25, -0.2) is 4.98 Å². The van der Waals surface area contributed by atoms with E-state index in [-0.39, 0.29) is 11.4 Å². The summed E-state index contributed by atoms with van der Waals surface area (Å²) in [6, 6.07) is 7.84. The van der Waals surface area contributed by atoms with Crippen LogP contribution in [0.25, 0.3) is 0 Å². The molecule has 1 aromatic carbocycles. The van der Waals surface area contributed by atoms with Gasteiger partial charge in [-0.1, -0.05) is 12.1 Å². The number of nitrogens with one attached hydrogen (secondary N) is 1. The van der Waals surface area contributed by atoms with E-state index in [0.717, 1.165) is 17.8 Å². The van der Waals surface area contributed by atoms with Gasteiger partial charge in [-0.2, -0.15) is 0 Å². The molecule has 0 atom stereocenters. The first kappa shape index (κ1) is 15.3. The van der Waals surface area contributed by atoms with Crippen LogP contribution in [0, 0.1) is 0 Å². The van der Waals surface area contributed by atoms with Gasteiger partial charge >= 0.3 is 0 Å². The van der Waals surface area contributed by atoms with Gasteiger partial charge in [0.2, 0.25) is 5.91 Å². The molecule has 0 saturated heterocycles. The predicted octanol–water partition coefficient (Wildman–Crippen LogP) is 2.39. The zero-order chi connectivity index (χ0) is 15.3. The van der Waals surface area contributed by atoms with Crippen molar-refractivity contribution in [3.63, 3.8) is 0 Å². The van der Waals surface area contributed by atoms with Gasteiger partial charge < -0.3 is 15.6 Å². The highest BCUT2D eigenvalue weighted by molar-refractivity contribution is 5.90. The Morgan fingerprint density at radius 1 is 1.43 bits per heavy atom. The average molecular weight is 286 g/mol. The lowest BCUT2D eigenvalue weighted by Crippen LogP contribution is -2.33. The highest BCUT2D eigenvalue weighted by atomic mass is 16.1. The van der Waals surface area contributed by atoms with Crippen molar-refractivity contribution < 1.29 is 4.79 Å². The molecule has 0 spiro atoms. The first-order chi connectivity index (χ1) is 9.92. The molecule has 2 aromatic rings. The van der Waals surface area contributed by atoms with E-state index in [1.807, 2.05) is 48.9 Å². The van der Waals surface area contributed by atoms with E-state index in [0.29, 0.717) is 12.8 Å². The van der Waals surface area contributed by atoms with Gasteiger partial charge in [-0.15, -0.1) is 0 Å². The third kappa shape index (κ3) is 5.39. The van der Waals surface area contributed by atoms with E-state index in [1.165, 1.54) is 0 Å². The molecule has 112 valence electrons. The molecule has 2 rings (SSSR count). The van der Waals surface area contributed by atoms with Gasteiger partial charge in [0.1, 0.15) is 0 Å². The Balaban J connectivity index is 1.93. The lowest BCUT2D eigenvalue weighted by molar-refractivity contribution is -0.116. The molecule has 1 aromatic heterocycles. The highest BCUT2D eigenvalue weighted by Crippen LogP contribution is 2.14. The summed E-state index contributed by atoms with van der Waals surface area (Å²) in [5.74, 6) is -0.00620. The maximum Gasteiger partial charge on any atom is 0.224 e. The first-order valence-electron chi connectivity index (χ1n) is 7.06. The quantitative estimate of drug-likeness (QED) is 0.856. The van der Waals surface area contributed by atoms with Crippen LogP contribution in [0.2, 0.25) is 0 Å². The Morgan fingerprint density at radius 2 is 2.24 bits per heavy atom. The maximum atomic E-state index is 11.9. The molecule has 1 heterocycles. The topological polar surface area (TPSA) is 72.9 Å². The van der Waals surface area contributed by atoms with Crippen LogP contribution in [0.1, 0.15) is 32.3 Å². The number of rotatable bonds is 6. The maximum absolute atomic E-state index is 11.9. The van der Waals surface area contributed by atoms with Crippen molar-refractivity contribution in [3.05, 3.63) is 48.5 Å². The van der Waals surface area contributed by atoms with Crippen LogP contribution in [0.15, 0.2) is 43.0 Å². The first-order valence-corrected chi connectivity index (χ1v) is 7.06. The molecule has 0 aliphatic heterocycles. The van der Waals surface area contributed by atoms with Crippen molar-refractivity contribution in [2.24, 2.45) is 5.73 Å². The van der Waals surface area contributed by atoms with Crippen LogP contribution in [-0.4, -0.2) is 21.0 Å². The Labute approximate surface area is 125 Å². The Hall–Kier alpha value is -2.14. The lowest BCUT2D eigenvalue weighted by Gasteiger charge is -2.17. The zero-order valence-electron chi connectivity index (χ0n) is 12.5. The van der Waals surface area contributed by atoms with Crippen molar-refractivity contribution in [2.75, 3.05) is 5.32 Å². The van der Waals surface area contributed by atoms with Gasteiger partial charge in [0.15, 0.2) is 0 Å². The minimum absolute atomic E-state index is 0.00620. The van der Waals surface area contributed by atoms with E-state index in [2.05, 4.69) is 10.3 Å². The molecular weight excluding hydrogens is 264 g/mol. The summed E-state index contributed by atoms with van der Waals surface area (Å²) in [6.45, 7) is 4.58. The standard InChI is InChI=1S/C16H22N4O/c1-16(2,17)7-6-15(21)19-14-5-3-4-13(10-14)11-20-9-8-18-12-20/h3-5,8-10,12H,6-7,11,17H2,1-2H3,(H,19,21). The zero-order valence-corrected chi connectivity index (χ0v) is 12.5. The number of hydrogen-bond acceptors (Lipinski definition) is 3. The minimum atomic E-state index is -0.319. The monoisotopic (exact) mass is 286 g/mol. The summed E-state index contributed by atoms with van der Waals surface area (Å²) < 4.78 is 1.98. The Morgan fingerprint density at radius 3 is 2.90 bits per heavy atom. The van der Waals surface area contributed by atoms with Crippen molar-refractivity contribution in [2.45, 2.75) is 38.8 Å². The lowest BCUT2D eigenvalue weighted by atomic mass is 10.00. The van der Waals surface area contributed by atoms with Gasteiger partial charge in [-0.3, -0.25) is 4.79 Å². The molecular formula is C16H22N4O. The van der Waals surface area contributed by atoms with Crippen LogP contribution >= 0.6 is 0 Å². The smallest absolute Gasteiger partial charge is 0.224 e. The molecule has 3 N–H and O–H groups in total. The number of hydrogen-bond donors (Lipinski definition) is 2. The molecule has 21 heavy (non-hydrogen) atoms. The van der Waals surface area contributed by atoms with E-state index < -0.39 is 0 Å². The van der Waals surface area contributed by atoms with E-state index in [1.54, 1.807) is 12.5 Å². The van der Waals surface area contributed by atoms with Gasteiger partial charge in [0.05, 0.1) is 6.33 Å². The Kier molecular flexibility index (Phi) is 4.75. The highest BCUT2D eigenvalue weighted by Gasteiger charge is 2.13. The number of imidazole rings is 1. The van der Waals surface area contributed by atoms with Crippen LogP contribution in [0.5, 0.6) is 0 Å². The molecule has 0 fully saturated rings. The second-order valence-electron chi connectivity index (χ2n) is 5.97. The fourth-order valence-corrected chi connectivity index (χ4v) is 2.00. The third-order valence-electron chi connectivity index (χ3n) is 3.13. The fraction of sp³-hybridized carbons (Fsp3) is 0.375. The summed E-state index contributed by atoms with van der Waals surface area (Å²) in [5.41, 5.74) is 7.50.